The minimum Gasteiger partial charge on any atom is -0.496 e. The van der Waals surface area contributed by atoms with Crippen LogP contribution in [0.2, 0.25) is 0 Å². The molecule has 0 fully saturated rings. The van der Waals surface area contributed by atoms with Gasteiger partial charge in [-0.2, -0.15) is 0 Å². The van der Waals surface area contributed by atoms with Crippen molar-refractivity contribution in [2.24, 2.45) is 0 Å². The van der Waals surface area contributed by atoms with Crippen molar-refractivity contribution in [2.45, 2.75) is 27.7 Å². The maximum absolute atomic E-state index is 12.8. The number of benzene rings is 2. The van der Waals surface area contributed by atoms with Crippen LogP contribution in [0.1, 0.15) is 32.2 Å². The molecule has 0 aliphatic carbocycles. The smallest absolute Gasteiger partial charge is 0.257 e. The predicted octanol–water partition coefficient (Wildman–Crippen LogP) is 5.84. The molecule has 33 heavy (non-hydrogen) atoms. The predicted molar refractivity (Wildman–Crippen MR) is 133 cm³/mol. The van der Waals surface area contributed by atoms with Gasteiger partial charge in [0, 0.05) is 33.1 Å². The second-order valence-corrected chi connectivity index (χ2v) is 8.94. The van der Waals surface area contributed by atoms with Crippen molar-refractivity contribution in [2.75, 3.05) is 17.7 Å². The average Bonchev–Trinajstić information content (AvgIpc) is 3.13. The zero-order valence-electron chi connectivity index (χ0n) is 19.2. The maximum atomic E-state index is 12.8. The van der Waals surface area contributed by atoms with Crippen LogP contribution in [0.25, 0.3) is 11.3 Å². The molecule has 2 N–H and O–H groups in total. The van der Waals surface area contributed by atoms with Crippen LogP contribution in [0.5, 0.6) is 5.75 Å². The quantitative estimate of drug-likeness (QED) is 0.377. The fourth-order valence-corrected chi connectivity index (χ4v) is 4.36. The summed E-state index contributed by atoms with van der Waals surface area (Å²) in [5.74, 6) is 1.15. The number of methoxy groups -OCH3 is 1. The Morgan fingerprint density at radius 1 is 0.909 bits per heavy atom. The molecule has 0 spiro atoms. The van der Waals surface area contributed by atoms with Crippen LogP contribution in [-0.2, 0) is 0 Å². The lowest BCUT2D eigenvalue weighted by molar-refractivity contribution is 0.102. The minimum absolute atomic E-state index is 0.213. The first-order valence-corrected chi connectivity index (χ1v) is 11.3. The summed E-state index contributed by atoms with van der Waals surface area (Å²) in [7, 11) is 1.66. The second-order valence-electron chi connectivity index (χ2n) is 7.74. The fraction of sp³-hybridized carbons (Fsp3) is 0.200. The minimum atomic E-state index is -0.213. The number of carbonyl (C=O) groups is 1. The number of amides is 1. The van der Waals surface area contributed by atoms with Crippen molar-refractivity contribution in [3.8, 4) is 17.0 Å². The summed E-state index contributed by atoms with van der Waals surface area (Å²) in [6, 6.07) is 15.0. The number of nitrogens with zero attached hydrogens (tertiary/aromatic N) is 3. The first-order valence-electron chi connectivity index (χ1n) is 10.5. The van der Waals surface area contributed by atoms with Gasteiger partial charge in [-0.1, -0.05) is 0 Å². The van der Waals surface area contributed by atoms with Gasteiger partial charge in [-0.3, -0.25) is 10.1 Å². The molecular weight excluding hydrogens is 434 g/mol. The largest absolute Gasteiger partial charge is 0.496 e. The summed E-state index contributed by atoms with van der Waals surface area (Å²) in [5.41, 5.74) is 6.01. The van der Waals surface area contributed by atoms with Crippen molar-refractivity contribution < 1.29 is 9.53 Å². The summed E-state index contributed by atoms with van der Waals surface area (Å²) in [4.78, 5) is 27.2. The van der Waals surface area contributed by atoms with Gasteiger partial charge in [0.1, 0.15) is 5.75 Å². The van der Waals surface area contributed by atoms with Crippen LogP contribution in [0.4, 0.5) is 16.8 Å². The average molecular weight is 460 g/mol. The molecule has 0 unspecified atom stereocenters. The molecule has 0 saturated heterocycles. The molecule has 2 aromatic carbocycles. The molecule has 0 atom stereocenters. The normalized spacial score (nSPS) is 10.7. The van der Waals surface area contributed by atoms with E-state index in [1.165, 1.54) is 11.3 Å². The maximum Gasteiger partial charge on any atom is 0.257 e. The van der Waals surface area contributed by atoms with E-state index in [1.807, 2.05) is 64.1 Å². The highest BCUT2D eigenvalue weighted by Gasteiger charge is 2.14. The molecule has 8 heteroatoms. The second kappa shape index (κ2) is 9.38. The van der Waals surface area contributed by atoms with Crippen LogP contribution in [0.15, 0.2) is 48.5 Å². The van der Waals surface area contributed by atoms with E-state index < -0.39 is 0 Å². The molecule has 168 valence electrons. The fourth-order valence-electron chi connectivity index (χ4n) is 3.53. The Morgan fingerprint density at radius 2 is 1.61 bits per heavy atom. The lowest BCUT2D eigenvalue weighted by atomic mass is 10.1. The highest BCUT2D eigenvalue weighted by Crippen LogP contribution is 2.33. The van der Waals surface area contributed by atoms with Gasteiger partial charge in [0.05, 0.1) is 12.8 Å². The molecule has 0 saturated carbocycles. The summed E-state index contributed by atoms with van der Waals surface area (Å²) in [6.07, 6.45) is 0. The van der Waals surface area contributed by atoms with E-state index in [9.17, 15) is 4.79 Å². The van der Waals surface area contributed by atoms with Gasteiger partial charge in [-0.15, -0.1) is 11.3 Å². The number of aryl methyl sites for hydroxylation is 4. The number of nitrogens with one attached hydrogen (secondary N) is 2. The number of ether oxygens (including phenoxy) is 1. The van der Waals surface area contributed by atoms with Crippen molar-refractivity contribution in [1.82, 2.24) is 15.0 Å². The number of hydrogen-bond acceptors (Lipinski definition) is 7. The zero-order valence-corrected chi connectivity index (χ0v) is 20.0. The Kier molecular flexibility index (Phi) is 6.37. The van der Waals surface area contributed by atoms with Crippen molar-refractivity contribution in [1.29, 1.82) is 0 Å². The third kappa shape index (κ3) is 5.18. The number of rotatable bonds is 6. The van der Waals surface area contributed by atoms with Crippen LogP contribution in [0.3, 0.4) is 0 Å². The highest BCUT2D eigenvalue weighted by molar-refractivity contribution is 7.16. The van der Waals surface area contributed by atoms with Gasteiger partial charge in [-0.25, -0.2) is 15.0 Å². The standard InChI is InChI=1S/C25H25N5O2S/c1-14-12-19(8-11-21(14)32-5)22-17(4)33-25(29-22)30-23(31)18-6-9-20(10-7-18)28-24-26-15(2)13-16(3)27-24/h6-13H,1-5H3,(H,26,27,28)(H,29,30,31). The molecule has 7 nitrogen and oxygen atoms in total. The molecule has 2 aromatic heterocycles. The van der Waals surface area contributed by atoms with Crippen LogP contribution >= 0.6 is 11.3 Å². The van der Waals surface area contributed by atoms with Gasteiger partial charge in [0.25, 0.3) is 5.91 Å². The molecule has 0 bridgehead atoms. The van der Waals surface area contributed by atoms with E-state index in [2.05, 4.69) is 25.6 Å². The van der Waals surface area contributed by atoms with Gasteiger partial charge in [-0.05, 0) is 81.8 Å². The van der Waals surface area contributed by atoms with E-state index in [0.29, 0.717) is 16.6 Å². The van der Waals surface area contributed by atoms with E-state index >= 15 is 0 Å². The first kappa shape index (κ1) is 22.4. The van der Waals surface area contributed by atoms with Gasteiger partial charge in [0.2, 0.25) is 5.95 Å². The molecule has 4 rings (SSSR count). The molecule has 0 aliphatic rings. The number of carbonyl (C=O) groups excluding carboxylic acids is 1. The van der Waals surface area contributed by atoms with Crippen molar-refractivity contribution in [3.63, 3.8) is 0 Å². The molecule has 0 radical (unpaired) electrons. The van der Waals surface area contributed by atoms with Gasteiger partial charge < -0.3 is 10.1 Å². The Balaban J connectivity index is 1.46. The van der Waals surface area contributed by atoms with E-state index in [0.717, 1.165) is 44.5 Å². The Bertz CT molecular complexity index is 1290. The van der Waals surface area contributed by atoms with Gasteiger partial charge >= 0.3 is 0 Å². The van der Waals surface area contributed by atoms with Crippen molar-refractivity contribution in [3.05, 3.63) is 75.9 Å². The van der Waals surface area contributed by atoms with Crippen molar-refractivity contribution >= 4 is 34.0 Å². The lowest BCUT2D eigenvalue weighted by Gasteiger charge is -2.08. The SMILES string of the molecule is COc1ccc(-c2nc(NC(=O)c3ccc(Nc4nc(C)cc(C)n4)cc3)sc2C)cc1C. The molecule has 0 aliphatic heterocycles. The van der Waals surface area contributed by atoms with Crippen LogP contribution in [0, 0.1) is 27.7 Å². The Hall–Kier alpha value is -3.78. The van der Waals surface area contributed by atoms with Crippen LogP contribution in [-0.4, -0.2) is 28.0 Å². The lowest BCUT2D eigenvalue weighted by Crippen LogP contribution is -2.11. The summed E-state index contributed by atoms with van der Waals surface area (Å²) in [6.45, 7) is 7.85. The van der Waals surface area contributed by atoms with E-state index in [4.69, 9.17) is 4.74 Å². The number of anilines is 3. The Morgan fingerprint density at radius 3 is 2.24 bits per heavy atom. The first-order chi connectivity index (χ1) is 15.8. The number of aromatic nitrogens is 3. The number of thiazole rings is 1. The molecular formula is C25H25N5O2S. The summed E-state index contributed by atoms with van der Waals surface area (Å²) >= 11 is 1.45. The summed E-state index contributed by atoms with van der Waals surface area (Å²) < 4.78 is 5.34. The third-order valence-electron chi connectivity index (χ3n) is 5.07. The third-order valence-corrected chi connectivity index (χ3v) is 5.96. The monoisotopic (exact) mass is 459 g/mol. The van der Waals surface area contributed by atoms with Gasteiger partial charge in [0.15, 0.2) is 5.13 Å². The van der Waals surface area contributed by atoms with E-state index in [1.54, 1.807) is 19.2 Å². The molecule has 2 heterocycles. The Labute approximate surface area is 196 Å². The number of hydrogen-bond donors (Lipinski definition) is 2. The molecule has 1 amide bonds. The van der Waals surface area contributed by atoms with E-state index in [-0.39, 0.29) is 5.91 Å². The molecule has 4 aromatic rings. The topological polar surface area (TPSA) is 89.0 Å². The zero-order chi connectivity index (χ0) is 23.5. The van der Waals surface area contributed by atoms with Crippen LogP contribution < -0.4 is 15.4 Å². The summed E-state index contributed by atoms with van der Waals surface area (Å²) in [5, 5.41) is 6.64. The highest BCUT2D eigenvalue weighted by atomic mass is 32.1.